The Morgan fingerprint density at radius 2 is 1.68 bits per heavy atom. The molecule has 3 saturated heterocycles. The minimum atomic E-state index is -1.58. The van der Waals surface area contributed by atoms with E-state index in [0.29, 0.717) is 0 Å². The zero-order valence-electron chi connectivity index (χ0n) is 17.6. The van der Waals surface area contributed by atoms with Crippen LogP contribution >= 0.6 is 0 Å². The van der Waals surface area contributed by atoms with Crippen molar-refractivity contribution >= 4 is 5.70 Å². The Morgan fingerprint density at radius 1 is 1.03 bits per heavy atom. The second-order valence-electron chi connectivity index (χ2n) is 8.71. The van der Waals surface area contributed by atoms with Crippen molar-refractivity contribution in [3.63, 3.8) is 0 Å². The molecule has 4 N–H and O–H groups in total. The third-order valence-electron chi connectivity index (χ3n) is 5.40. The molecule has 4 rings (SSSR count). The van der Waals surface area contributed by atoms with E-state index in [-0.39, 0.29) is 17.9 Å². The molecular formula is C20H26F3N3O5. The van der Waals surface area contributed by atoms with Gasteiger partial charge in [-0.2, -0.15) is 0 Å². The zero-order valence-corrected chi connectivity index (χ0v) is 17.6. The summed E-state index contributed by atoms with van der Waals surface area (Å²) in [5.41, 5.74) is 5.85. The Labute approximate surface area is 177 Å². The quantitative estimate of drug-likeness (QED) is 0.412. The molecule has 3 aliphatic rings. The summed E-state index contributed by atoms with van der Waals surface area (Å²) in [6.07, 6.45) is -1.10. The number of hydrazine groups is 1. The molecule has 0 aromatic heterocycles. The Kier molecular flexibility index (Phi) is 5.48. The highest BCUT2D eigenvalue weighted by atomic mass is 19.2. The summed E-state index contributed by atoms with van der Waals surface area (Å²) < 4.78 is 69.9. The fraction of sp³-hybridized carbons (Fsp3) is 0.600. The van der Waals surface area contributed by atoms with Gasteiger partial charge in [-0.25, -0.2) is 19.0 Å². The molecular weight excluding hydrogens is 419 g/mol. The van der Waals surface area contributed by atoms with Crippen LogP contribution < -0.4 is 11.6 Å². The van der Waals surface area contributed by atoms with E-state index in [9.17, 15) is 13.2 Å². The van der Waals surface area contributed by atoms with Crippen LogP contribution in [-0.2, 0) is 23.7 Å². The van der Waals surface area contributed by atoms with Crippen molar-refractivity contribution in [1.29, 1.82) is 0 Å². The van der Waals surface area contributed by atoms with Crippen molar-refractivity contribution < 1.29 is 36.9 Å². The fourth-order valence-electron chi connectivity index (χ4n) is 4.08. The van der Waals surface area contributed by atoms with Gasteiger partial charge in [-0.15, -0.1) is 0 Å². The van der Waals surface area contributed by atoms with E-state index in [2.05, 4.69) is 0 Å². The summed E-state index contributed by atoms with van der Waals surface area (Å²) >= 11 is 0. The fourth-order valence-corrected chi connectivity index (χ4v) is 4.08. The molecule has 8 nitrogen and oxygen atoms in total. The Hall–Kier alpha value is -1.89. The SMILES string of the molecule is CC1(C)OC[C@H]([C@@H]2O[C@@H]3OC(C)(C)O[C@H]3C2N(N)/C=C(\N)c2cc(F)c(F)c(F)c2)O1. The zero-order chi connectivity index (χ0) is 22.7. The molecule has 3 aliphatic heterocycles. The van der Waals surface area contributed by atoms with E-state index in [1.54, 1.807) is 27.7 Å². The Balaban J connectivity index is 1.62. The molecule has 31 heavy (non-hydrogen) atoms. The van der Waals surface area contributed by atoms with Gasteiger partial charge in [0.25, 0.3) is 0 Å². The molecule has 0 saturated carbocycles. The lowest BCUT2D eigenvalue weighted by Crippen LogP contribution is -2.53. The molecule has 5 atom stereocenters. The van der Waals surface area contributed by atoms with Crippen molar-refractivity contribution in [3.8, 4) is 0 Å². The van der Waals surface area contributed by atoms with Gasteiger partial charge in [0.15, 0.2) is 35.3 Å². The molecule has 1 aromatic carbocycles. The predicted octanol–water partition coefficient (Wildman–Crippen LogP) is 1.93. The average molecular weight is 445 g/mol. The van der Waals surface area contributed by atoms with Crippen LogP contribution in [0.25, 0.3) is 5.70 Å². The summed E-state index contributed by atoms with van der Waals surface area (Å²) in [6, 6.07) is 0.958. The maximum Gasteiger partial charge on any atom is 0.194 e. The first-order valence-electron chi connectivity index (χ1n) is 9.85. The molecule has 0 bridgehead atoms. The molecule has 0 radical (unpaired) electrons. The summed E-state index contributed by atoms with van der Waals surface area (Å²) in [5.74, 6) is 0.313. The Morgan fingerprint density at radius 3 is 2.26 bits per heavy atom. The van der Waals surface area contributed by atoms with Gasteiger partial charge in [0, 0.05) is 11.8 Å². The number of rotatable bonds is 4. The first kappa shape index (κ1) is 22.3. The van der Waals surface area contributed by atoms with E-state index in [1.165, 1.54) is 11.2 Å². The minimum absolute atomic E-state index is 0.0654. The van der Waals surface area contributed by atoms with Gasteiger partial charge in [0.1, 0.15) is 24.4 Å². The van der Waals surface area contributed by atoms with Crippen LogP contribution in [0.5, 0.6) is 0 Å². The predicted molar refractivity (Wildman–Crippen MR) is 102 cm³/mol. The van der Waals surface area contributed by atoms with Gasteiger partial charge in [-0.3, -0.25) is 0 Å². The van der Waals surface area contributed by atoms with Crippen LogP contribution in [0.2, 0.25) is 0 Å². The number of benzene rings is 1. The molecule has 172 valence electrons. The molecule has 1 aromatic rings. The molecule has 3 heterocycles. The van der Waals surface area contributed by atoms with Crippen molar-refractivity contribution in [3.05, 3.63) is 41.3 Å². The van der Waals surface area contributed by atoms with Gasteiger partial charge in [0.2, 0.25) is 0 Å². The largest absolute Gasteiger partial charge is 0.397 e. The highest BCUT2D eigenvalue weighted by molar-refractivity contribution is 5.62. The highest BCUT2D eigenvalue weighted by Gasteiger charge is 2.59. The summed E-state index contributed by atoms with van der Waals surface area (Å²) in [7, 11) is 0. The summed E-state index contributed by atoms with van der Waals surface area (Å²) in [6.45, 7) is 7.31. The van der Waals surface area contributed by atoms with E-state index in [4.69, 9.17) is 35.3 Å². The summed E-state index contributed by atoms with van der Waals surface area (Å²) in [4.78, 5) is 0. The van der Waals surface area contributed by atoms with Crippen LogP contribution in [0, 0.1) is 17.5 Å². The lowest BCUT2D eigenvalue weighted by Gasteiger charge is -2.33. The van der Waals surface area contributed by atoms with Crippen molar-refractivity contribution in [1.82, 2.24) is 5.01 Å². The first-order valence-corrected chi connectivity index (χ1v) is 9.85. The number of hydrogen-bond donors (Lipinski definition) is 2. The number of ether oxygens (including phenoxy) is 5. The first-order chi connectivity index (χ1) is 14.4. The maximum absolute atomic E-state index is 13.6. The van der Waals surface area contributed by atoms with E-state index in [0.717, 1.165) is 12.1 Å². The summed E-state index contributed by atoms with van der Waals surface area (Å²) in [5, 5.41) is 1.24. The second-order valence-corrected chi connectivity index (χ2v) is 8.71. The minimum Gasteiger partial charge on any atom is -0.397 e. The van der Waals surface area contributed by atoms with Gasteiger partial charge < -0.3 is 34.4 Å². The normalized spacial score (nSPS) is 34.2. The van der Waals surface area contributed by atoms with Crippen molar-refractivity contribution in [2.45, 2.75) is 69.9 Å². The number of nitrogens with zero attached hydrogens (tertiary/aromatic N) is 1. The number of halogens is 3. The van der Waals surface area contributed by atoms with Crippen LogP contribution in [-0.4, -0.2) is 53.8 Å². The number of fused-ring (bicyclic) bond motifs is 1. The van der Waals surface area contributed by atoms with Gasteiger partial charge in [0.05, 0.1) is 12.3 Å². The van der Waals surface area contributed by atoms with Crippen LogP contribution in [0.3, 0.4) is 0 Å². The highest BCUT2D eigenvalue weighted by Crippen LogP contribution is 2.42. The topological polar surface area (TPSA) is 101 Å². The van der Waals surface area contributed by atoms with E-state index < -0.39 is 59.7 Å². The molecule has 0 aliphatic carbocycles. The molecule has 1 unspecified atom stereocenters. The van der Waals surface area contributed by atoms with Gasteiger partial charge in [-0.05, 0) is 39.8 Å². The van der Waals surface area contributed by atoms with Crippen molar-refractivity contribution in [2.24, 2.45) is 11.6 Å². The number of hydrogen-bond acceptors (Lipinski definition) is 8. The van der Waals surface area contributed by atoms with Crippen LogP contribution in [0.1, 0.15) is 33.3 Å². The van der Waals surface area contributed by atoms with Gasteiger partial charge in [-0.1, -0.05) is 0 Å². The van der Waals surface area contributed by atoms with Crippen LogP contribution in [0.15, 0.2) is 18.3 Å². The lowest BCUT2D eigenvalue weighted by molar-refractivity contribution is -0.227. The van der Waals surface area contributed by atoms with Gasteiger partial charge >= 0.3 is 0 Å². The maximum atomic E-state index is 13.6. The van der Waals surface area contributed by atoms with E-state index >= 15 is 0 Å². The molecule has 0 spiro atoms. The molecule has 3 fully saturated rings. The standard InChI is InChI=1S/C20H26F3N3O5/c1-19(2)27-8-13(29-19)16-15(17-18(28-16)31-20(3,4)30-17)26(25)7-12(24)9-5-10(21)14(23)11(22)6-9/h5-7,13,15-18H,8,24-25H2,1-4H3/b12-7-/t13-,15?,16+,17+,18-/m1/s1. The average Bonchev–Trinajstić information content (AvgIpc) is 3.27. The molecule has 11 heteroatoms. The van der Waals surface area contributed by atoms with Crippen LogP contribution in [0.4, 0.5) is 13.2 Å². The number of nitrogens with two attached hydrogens (primary N) is 2. The van der Waals surface area contributed by atoms with Crippen molar-refractivity contribution in [2.75, 3.05) is 6.61 Å². The monoisotopic (exact) mass is 445 g/mol. The van der Waals surface area contributed by atoms with E-state index in [1.807, 2.05) is 0 Å². The second kappa shape index (κ2) is 7.61. The Bertz CT molecular complexity index is 874. The third-order valence-corrected chi connectivity index (χ3v) is 5.40. The smallest absolute Gasteiger partial charge is 0.194 e. The molecule has 0 amide bonds. The third kappa shape index (κ3) is 4.26. The lowest BCUT2D eigenvalue weighted by atomic mass is 10.0.